The zero-order valence-corrected chi connectivity index (χ0v) is 14.4. The second-order valence-electron chi connectivity index (χ2n) is 5.66. The van der Waals surface area contributed by atoms with E-state index in [1.54, 1.807) is 0 Å². The van der Waals surface area contributed by atoms with Crippen LogP contribution in [-0.2, 0) is 0 Å². The first-order valence-electron chi connectivity index (χ1n) is 6.92. The standard InChI is InChI=1S/C18H22BrN/c1-10-6-7-15(9-16(10)19)18(20)17-13(4)11(2)8-12(3)14(17)5/h6-9,18H,20H2,1-5H3. The molecule has 20 heavy (non-hydrogen) atoms. The van der Waals surface area contributed by atoms with E-state index in [0.29, 0.717) is 0 Å². The van der Waals surface area contributed by atoms with Crippen LogP contribution in [0.15, 0.2) is 28.7 Å². The normalized spacial score (nSPS) is 12.6. The van der Waals surface area contributed by atoms with Gasteiger partial charge in [0.25, 0.3) is 0 Å². The molecule has 0 aliphatic heterocycles. The molecule has 0 amide bonds. The van der Waals surface area contributed by atoms with Crippen LogP contribution in [0.3, 0.4) is 0 Å². The number of hydrogen-bond donors (Lipinski definition) is 1. The molecule has 0 saturated heterocycles. The van der Waals surface area contributed by atoms with Crippen molar-refractivity contribution in [3.05, 3.63) is 67.7 Å². The summed E-state index contributed by atoms with van der Waals surface area (Å²) in [6.45, 7) is 10.7. The van der Waals surface area contributed by atoms with E-state index in [-0.39, 0.29) is 6.04 Å². The average Bonchev–Trinajstić information content (AvgIpc) is 2.40. The van der Waals surface area contributed by atoms with Crippen LogP contribution in [0.4, 0.5) is 0 Å². The Kier molecular flexibility index (Phi) is 4.36. The summed E-state index contributed by atoms with van der Waals surface area (Å²) < 4.78 is 1.12. The third-order valence-electron chi connectivity index (χ3n) is 4.29. The van der Waals surface area contributed by atoms with E-state index < -0.39 is 0 Å². The summed E-state index contributed by atoms with van der Waals surface area (Å²) in [7, 11) is 0. The van der Waals surface area contributed by atoms with Crippen molar-refractivity contribution in [2.45, 2.75) is 40.7 Å². The average molecular weight is 332 g/mol. The lowest BCUT2D eigenvalue weighted by atomic mass is 9.87. The van der Waals surface area contributed by atoms with Crippen molar-refractivity contribution in [2.75, 3.05) is 0 Å². The third kappa shape index (κ3) is 2.68. The molecule has 0 aliphatic carbocycles. The van der Waals surface area contributed by atoms with E-state index in [4.69, 9.17) is 5.73 Å². The van der Waals surface area contributed by atoms with Gasteiger partial charge in [-0.25, -0.2) is 0 Å². The van der Waals surface area contributed by atoms with Crippen molar-refractivity contribution in [1.82, 2.24) is 0 Å². The van der Waals surface area contributed by atoms with Gasteiger partial charge in [-0.05, 0) is 79.6 Å². The number of nitrogens with two attached hydrogens (primary N) is 1. The summed E-state index contributed by atoms with van der Waals surface area (Å²) in [5, 5.41) is 0. The van der Waals surface area contributed by atoms with E-state index in [2.05, 4.69) is 74.8 Å². The highest BCUT2D eigenvalue weighted by Gasteiger charge is 2.17. The number of hydrogen-bond acceptors (Lipinski definition) is 1. The van der Waals surface area contributed by atoms with Crippen LogP contribution >= 0.6 is 15.9 Å². The van der Waals surface area contributed by atoms with Crippen LogP contribution in [0.2, 0.25) is 0 Å². The molecule has 0 bridgehead atoms. The van der Waals surface area contributed by atoms with Crippen molar-refractivity contribution in [1.29, 1.82) is 0 Å². The van der Waals surface area contributed by atoms with Crippen molar-refractivity contribution in [3.63, 3.8) is 0 Å². The molecule has 0 aromatic heterocycles. The maximum absolute atomic E-state index is 6.55. The Morgan fingerprint density at radius 1 is 0.850 bits per heavy atom. The second kappa shape index (κ2) is 5.71. The molecule has 0 radical (unpaired) electrons. The summed E-state index contributed by atoms with van der Waals surface area (Å²) in [4.78, 5) is 0. The van der Waals surface area contributed by atoms with Gasteiger partial charge in [-0.2, -0.15) is 0 Å². The summed E-state index contributed by atoms with van der Waals surface area (Å²) in [6.07, 6.45) is 0. The molecule has 0 aliphatic rings. The highest BCUT2D eigenvalue weighted by Crippen LogP contribution is 2.31. The van der Waals surface area contributed by atoms with E-state index in [0.717, 1.165) is 10.0 Å². The van der Waals surface area contributed by atoms with Gasteiger partial charge in [0.15, 0.2) is 0 Å². The molecule has 0 fully saturated rings. The molecule has 2 aromatic rings. The maximum Gasteiger partial charge on any atom is 0.0557 e. The fourth-order valence-corrected chi connectivity index (χ4v) is 3.08. The van der Waals surface area contributed by atoms with Gasteiger partial charge in [-0.1, -0.05) is 34.1 Å². The minimum absolute atomic E-state index is 0.0782. The fourth-order valence-electron chi connectivity index (χ4n) is 2.68. The van der Waals surface area contributed by atoms with Crippen molar-refractivity contribution in [2.24, 2.45) is 5.73 Å². The molecule has 1 nitrogen and oxygen atoms in total. The van der Waals surface area contributed by atoms with Crippen LogP contribution < -0.4 is 5.73 Å². The Balaban J connectivity index is 2.58. The van der Waals surface area contributed by atoms with Gasteiger partial charge < -0.3 is 5.73 Å². The molecule has 1 unspecified atom stereocenters. The van der Waals surface area contributed by atoms with E-state index in [9.17, 15) is 0 Å². The van der Waals surface area contributed by atoms with E-state index in [1.165, 1.54) is 33.4 Å². The number of aryl methyl sites for hydroxylation is 3. The topological polar surface area (TPSA) is 26.0 Å². The molecule has 2 aromatic carbocycles. The second-order valence-corrected chi connectivity index (χ2v) is 6.51. The highest BCUT2D eigenvalue weighted by atomic mass is 79.9. The van der Waals surface area contributed by atoms with Crippen LogP contribution in [0.5, 0.6) is 0 Å². The predicted molar refractivity (Wildman–Crippen MR) is 90.3 cm³/mol. The quantitative estimate of drug-likeness (QED) is 0.819. The Bertz CT molecular complexity index is 633. The molecule has 2 N–H and O–H groups in total. The summed E-state index contributed by atoms with van der Waals surface area (Å²) in [6, 6.07) is 8.54. The third-order valence-corrected chi connectivity index (χ3v) is 5.14. The number of benzene rings is 2. The van der Waals surface area contributed by atoms with Crippen molar-refractivity contribution in [3.8, 4) is 0 Å². The molecule has 2 rings (SSSR count). The van der Waals surface area contributed by atoms with Gasteiger partial charge in [0.1, 0.15) is 0 Å². The Morgan fingerprint density at radius 3 is 1.90 bits per heavy atom. The first-order chi connectivity index (χ1) is 9.32. The lowest BCUT2D eigenvalue weighted by Gasteiger charge is -2.22. The molecule has 106 valence electrons. The summed E-state index contributed by atoms with van der Waals surface area (Å²) in [5.41, 5.74) is 15.4. The Labute approximate surface area is 130 Å². The van der Waals surface area contributed by atoms with Crippen LogP contribution in [0.1, 0.15) is 45.0 Å². The minimum atomic E-state index is -0.0782. The fraction of sp³-hybridized carbons (Fsp3) is 0.333. The number of halogens is 1. The van der Waals surface area contributed by atoms with Gasteiger partial charge in [-0.15, -0.1) is 0 Å². The first kappa shape index (κ1) is 15.3. The molecule has 2 heteroatoms. The smallest absolute Gasteiger partial charge is 0.0557 e. The lowest BCUT2D eigenvalue weighted by molar-refractivity contribution is 0.844. The predicted octanol–water partition coefficient (Wildman–Crippen LogP) is 5.04. The molecule has 0 saturated carbocycles. The van der Waals surface area contributed by atoms with Gasteiger partial charge in [0.2, 0.25) is 0 Å². The number of rotatable bonds is 2. The first-order valence-corrected chi connectivity index (χ1v) is 7.71. The monoisotopic (exact) mass is 331 g/mol. The summed E-state index contributed by atoms with van der Waals surface area (Å²) in [5.74, 6) is 0. The van der Waals surface area contributed by atoms with Gasteiger partial charge in [0, 0.05) is 4.47 Å². The Morgan fingerprint density at radius 2 is 1.40 bits per heavy atom. The van der Waals surface area contributed by atoms with E-state index >= 15 is 0 Å². The molecule has 0 spiro atoms. The zero-order chi connectivity index (χ0) is 15.0. The SMILES string of the molecule is Cc1ccc(C(N)c2c(C)c(C)cc(C)c2C)cc1Br. The van der Waals surface area contributed by atoms with Crippen LogP contribution in [-0.4, -0.2) is 0 Å². The van der Waals surface area contributed by atoms with Crippen molar-refractivity contribution >= 4 is 15.9 Å². The molecule has 0 heterocycles. The van der Waals surface area contributed by atoms with Gasteiger partial charge in [-0.3, -0.25) is 0 Å². The molecule has 1 atom stereocenters. The maximum atomic E-state index is 6.55. The summed E-state index contributed by atoms with van der Waals surface area (Å²) >= 11 is 3.60. The Hall–Kier alpha value is -1.12. The zero-order valence-electron chi connectivity index (χ0n) is 12.8. The molecular weight excluding hydrogens is 310 g/mol. The lowest BCUT2D eigenvalue weighted by Crippen LogP contribution is -2.16. The highest BCUT2D eigenvalue weighted by molar-refractivity contribution is 9.10. The van der Waals surface area contributed by atoms with Gasteiger partial charge in [0.05, 0.1) is 6.04 Å². The largest absolute Gasteiger partial charge is 0.320 e. The van der Waals surface area contributed by atoms with E-state index in [1.807, 2.05) is 0 Å². The van der Waals surface area contributed by atoms with Crippen LogP contribution in [0.25, 0.3) is 0 Å². The van der Waals surface area contributed by atoms with Crippen LogP contribution in [0, 0.1) is 34.6 Å². The minimum Gasteiger partial charge on any atom is -0.320 e. The van der Waals surface area contributed by atoms with Crippen molar-refractivity contribution < 1.29 is 0 Å². The molecular formula is C18H22BrN. The van der Waals surface area contributed by atoms with Gasteiger partial charge >= 0.3 is 0 Å².